The highest BCUT2D eigenvalue weighted by Crippen LogP contribution is 2.30. The van der Waals surface area contributed by atoms with Crippen molar-refractivity contribution in [1.82, 2.24) is 9.88 Å². The van der Waals surface area contributed by atoms with Gasteiger partial charge in [0.1, 0.15) is 0 Å². The number of aromatic nitrogens is 1. The summed E-state index contributed by atoms with van der Waals surface area (Å²) in [5.41, 5.74) is 1.57. The first kappa shape index (κ1) is 23.4. The van der Waals surface area contributed by atoms with Crippen LogP contribution in [0.2, 0.25) is 0 Å². The molecule has 0 saturated carbocycles. The molecular formula is C24H33N3O3. The first-order valence-corrected chi connectivity index (χ1v) is 10.4. The maximum Gasteiger partial charge on any atom is 0.248 e. The van der Waals surface area contributed by atoms with Gasteiger partial charge in [-0.25, -0.2) is 0 Å². The number of carbonyl (C=O) groups excluding carboxylic acids is 1. The number of anilines is 1. The van der Waals surface area contributed by atoms with Gasteiger partial charge in [0.15, 0.2) is 11.5 Å². The molecule has 0 spiro atoms. The fourth-order valence-corrected chi connectivity index (χ4v) is 3.24. The molecule has 2 rings (SSSR count). The molecule has 0 aliphatic rings. The van der Waals surface area contributed by atoms with E-state index >= 15 is 0 Å². The van der Waals surface area contributed by atoms with Gasteiger partial charge in [-0.05, 0) is 70.0 Å². The van der Waals surface area contributed by atoms with E-state index < -0.39 is 0 Å². The zero-order valence-electron chi connectivity index (χ0n) is 18.6. The lowest BCUT2D eigenvalue weighted by molar-refractivity contribution is -0.111. The molecular weight excluding hydrogens is 378 g/mol. The van der Waals surface area contributed by atoms with Gasteiger partial charge in [-0.1, -0.05) is 0 Å². The van der Waals surface area contributed by atoms with Crippen LogP contribution < -0.4 is 14.8 Å². The maximum atomic E-state index is 12.2. The number of carbonyl (C=O) groups is 1. The lowest BCUT2D eigenvalue weighted by Gasteiger charge is -2.30. The topological polar surface area (TPSA) is 63.7 Å². The number of ether oxygens (including phenoxy) is 2. The van der Waals surface area contributed by atoms with Gasteiger partial charge in [0.05, 0.1) is 13.7 Å². The average molecular weight is 412 g/mol. The van der Waals surface area contributed by atoms with Gasteiger partial charge in [-0.3, -0.25) is 14.7 Å². The second-order valence-electron chi connectivity index (χ2n) is 7.60. The molecule has 0 fully saturated rings. The van der Waals surface area contributed by atoms with Crippen LogP contribution in [0, 0.1) is 0 Å². The highest BCUT2D eigenvalue weighted by molar-refractivity contribution is 6.02. The van der Waals surface area contributed by atoms with Crippen molar-refractivity contribution in [2.24, 2.45) is 0 Å². The molecule has 6 nitrogen and oxygen atoms in total. The number of nitrogens with one attached hydrogen (secondary N) is 1. The number of pyridine rings is 1. The summed E-state index contributed by atoms with van der Waals surface area (Å²) in [5.74, 6) is 1.05. The quantitative estimate of drug-likeness (QED) is 0.431. The molecule has 6 heteroatoms. The smallest absolute Gasteiger partial charge is 0.248 e. The van der Waals surface area contributed by atoms with Gasteiger partial charge in [0.25, 0.3) is 0 Å². The molecule has 0 aliphatic carbocycles. The molecule has 1 amide bonds. The third-order valence-electron chi connectivity index (χ3n) is 4.71. The van der Waals surface area contributed by atoms with Crippen molar-refractivity contribution < 1.29 is 14.3 Å². The Morgan fingerprint density at radius 3 is 2.43 bits per heavy atom. The SMILES string of the molecule is COc1ccc(NC(=O)/C=C/c2ccncc2)cc1OCCCN(C(C)C)C(C)C. The lowest BCUT2D eigenvalue weighted by Crippen LogP contribution is -2.38. The highest BCUT2D eigenvalue weighted by Gasteiger charge is 2.13. The van der Waals surface area contributed by atoms with Crippen LogP contribution in [0.3, 0.4) is 0 Å². The van der Waals surface area contributed by atoms with Gasteiger partial charge >= 0.3 is 0 Å². The van der Waals surface area contributed by atoms with Crippen molar-refractivity contribution in [2.45, 2.75) is 46.2 Å². The largest absolute Gasteiger partial charge is 0.493 e. The van der Waals surface area contributed by atoms with E-state index in [1.165, 1.54) is 6.08 Å². The fraction of sp³-hybridized carbons (Fsp3) is 0.417. The summed E-state index contributed by atoms with van der Waals surface area (Å²) in [6.07, 6.45) is 7.52. The molecule has 0 bridgehead atoms. The third-order valence-corrected chi connectivity index (χ3v) is 4.71. The predicted octanol–water partition coefficient (Wildman–Crippen LogP) is 4.63. The molecule has 0 atom stereocenters. The fourth-order valence-electron chi connectivity index (χ4n) is 3.24. The number of nitrogens with zero attached hydrogens (tertiary/aromatic N) is 2. The summed E-state index contributed by atoms with van der Waals surface area (Å²) >= 11 is 0. The van der Waals surface area contributed by atoms with E-state index in [9.17, 15) is 4.79 Å². The van der Waals surface area contributed by atoms with E-state index in [0.29, 0.717) is 35.9 Å². The molecule has 1 aromatic heterocycles. The van der Waals surface area contributed by atoms with Crippen LogP contribution >= 0.6 is 0 Å². The molecule has 30 heavy (non-hydrogen) atoms. The number of hydrogen-bond donors (Lipinski definition) is 1. The van der Waals surface area contributed by atoms with Crippen molar-refractivity contribution >= 4 is 17.7 Å². The summed E-state index contributed by atoms with van der Waals surface area (Å²) in [6.45, 7) is 10.4. The van der Waals surface area contributed by atoms with E-state index in [1.807, 2.05) is 12.1 Å². The lowest BCUT2D eigenvalue weighted by atomic mass is 10.2. The predicted molar refractivity (Wildman–Crippen MR) is 122 cm³/mol. The highest BCUT2D eigenvalue weighted by atomic mass is 16.5. The maximum absolute atomic E-state index is 12.2. The van der Waals surface area contributed by atoms with Crippen LogP contribution in [0.25, 0.3) is 6.08 Å². The van der Waals surface area contributed by atoms with Crippen LogP contribution in [-0.2, 0) is 4.79 Å². The Kier molecular flexibility index (Phi) is 9.35. The minimum Gasteiger partial charge on any atom is -0.493 e. The normalized spacial score (nSPS) is 11.5. The summed E-state index contributed by atoms with van der Waals surface area (Å²) in [7, 11) is 1.61. The Balaban J connectivity index is 1.94. The Labute approximate surface area is 179 Å². The van der Waals surface area contributed by atoms with E-state index in [1.54, 1.807) is 43.8 Å². The monoisotopic (exact) mass is 411 g/mol. The summed E-state index contributed by atoms with van der Waals surface area (Å²) in [4.78, 5) is 18.6. The van der Waals surface area contributed by atoms with E-state index in [-0.39, 0.29) is 5.91 Å². The number of amides is 1. The molecule has 0 radical (unpaired) electrons. The van der Waals surface area contributed by atoms with Crippen LogP contribution in [0.15, 0.2) is 48.8 Å². The minimum atomic E-state index is -0.215. The number of methoxy groups -OCH3 is 1. The molecule has 0 aliphatic heterocycles. The first-order valence-electron chi connectivity index (χ1n) is 10.4. The van der Waals surface area contributed by atoms with E-state index in [0.717, 1.165) is 18.5 Å². The van der Waals surface area contributed by atoms with Crippen LogP contribution in [0.1, 0.15) is 39.7 Å². The van der Waals surface area contributed by atoms with Crippen molar-refractivity contribution in [3.8, 4) is 11.5 Å². The van der Waals surface area contributed by atoms with Gasteiger partial charge < -0.3 is 14.8 Å². The van der Waals surface area contributed by atoms with Crippen LogP contribution in [-0.4, -0.2) is 48.1 Å². The second-order valence-corrected chi connectivity index (χ2v) is 7.60. The molecule has 2 aromatic rings. The number of hydrogen-bond acceptors (Lipinski definition) is 5. The Bertz CT molecular complexity index is 812. The Hall–Kier alpha value is -2.86. The van der Waals surface area contributed by atoms with E-state index in [4.69, 9.17) is 9.47 Å². The van der Waals surface area contributed by atoms with E-state index in [2.05, 4.69) is 42.9 Å². The second kappa shape index (κ2) is 12.0. The first-order chi connectivity index (χ1) is 14.4. The molecule has 0 unspecified atom stereocenters. The molecule has 162 valence electrons. The minimum absolute atomic E-state index is 0.215. The summed E-state index contributed by atoms with van der Waals surface area (Å²) < 4.78 is 11.4. The molecule has 1 N–H and O–H groups in total. The van der Waals surface area contributed by atoms with Gasteiger partial charge in [-0.15, -0.1) is 0 Å². The van der Waals surface area contributed by atoms with Gasteiger partial charge in [0, 0.05) is 48.9 Å². The summed E-state index contributed by atoms with van der Waals surface area (Å²) in [5, 5.41) is 2.86. The zero-order valence-corrected chi connectivity index (χ0v) is 18.6. The zero-order chi connectivity index (χ0) is 21.9. The summed E-state index contributed by atoms with van der Waals surface area (Å²) in [6, 6.07) is 10.1. The van der Waals surface area contributed by atoms with Crippen molar-refractivity contribution in [2.75, 3.05) is 25.6 Å². The average Bonchev–Trinajstić information content (AvgIpc) is 2.72. The molecule has 1 heterocycles. The Morgan fingerprint density at radius 2 is 1.80 bits per heavy atom. The van der Waals surface area contributed by atoms with Gasteiger partial charge in [-0.2, -0.15) is 0 Å². The van der Waals surface area contributed by atoms with Crippen LogP contribution in [0.4, 0.5) is 5.69 Å². The Morgan fingerprint density at radius 1 is 1.10 bits per heavy atom. The molecule has 0 saturated heterocycles. The third kappa shape index (κ3) is 7.52. The van der Waals surface area contributed by atoms with Crippen LogP contribution in [0.5, 0.6) is 11.5 Å². The van der Waals surface area contributed by atoms with Crippen molar-refractivity contribution in [1.29, 1.82) is 0 Å². The molecule has 1 aromatic carbocycles. The standard InChI is InChI=1S/C24H33N3O3/c1-18(2)27(19(3)4)15-6-16-30-23-17-21(8-9-22(23)29-5)26-24(28)10-7-20-11-13-25-14-12-20/h7-14,17-19H,6,15-16H2,1-5H3,(H,26,28)/b10-7+. The van der Waals surface area contributed by atoms with Crippen molar-refractivity contribution in [3.63, 3.8) is 0 Å². The number of benzene rings is 1. The van der Waals surface area contributed by atoms with Crippen molar-refractivity contribution in [3.05, 3.63) is 54.4 Å². The number of rotatable bonds is 11. The van der Waals surface area contributed by atoms with Gasteiger partial charge in [0.2, 0.25) is 5.91 Å².